The molecule has 0 aromatic heterocycles. The summed E-state index contributed by atoms with van der Waals surface area (Å²) in [4.78, 5) is 2.21. The maximum Gasteiger partial charge on any atom is 0.199 e. The van der Waals surface area contributed by atoms with Gasteiger partial charge in [0.15, 0.2) is 6.29 Å². The normalized spacial score (nSPS) is 20.6. The van der Waals surface area contributed by atoms with Gasteiger partial charge in [0.2, 0.25) is 0 Å². The van der Waals surface area contributed by atoms with Gasteiger partial charge in [0, 0.05) is 55.2 Å². The largest absolute Gasteiger partial charge is 0.480 e. The van der Waals surface area contributed by atoms with E-state index in [-0.39, 0.29) is 18.9 Å². The van der Waals surface area contributed by atoms with E-state index in [0.29, 0.717) is 29.2 Å². The highest BCUT2D eigenvalue weighted by Gasteiger charge is 2.31. The second-order valence-electron chi connectivity index (χ2n) is 11.1. The Morgan fingerprint density at radius 2 is 1.70 bits per heavy atom. The van der Waals surface area contributed by atoms with Gasteiger partial charge in [0.25, 0.3) is 0 Å². The van der Waals surface area contributed by atoms with Gasteiger partial charge in [-0.2, -0.15) is 0 Å². The highest BCUT2D eigenvalue weighted by atomic mass is 19.1. The average molecular weight is 592 g/mol. The Bertz CT molecular complexity index is 1420. The van der Waals surface area contributed by atoms with E-state index in [9.17, 15) is 13.2 Å². The third-order valence-electron chi connectivity index (χ3n) is 8.01. The Labute approximate surface area is 252 Å². The Hall–Kier alpha value is -3.55. The molecular formula is C36H40F3NO3. The minimum atomic E-state index is -0.637. The molecule has 3 aromatic carbocycles. The van der Waals surface area contributed by atoms with Gasteiger partial charge < -0.3 is 14.2 Å². The highest BCUT2D eigenvalue weighted by molar-refractivity contribution is 5.95. The smallest absolute Gasteiger partial charge is 0.199 e. The van der Waals surface area contributed by atoms with E-state index in [1.165, 1.54) is 12.1 Å². The van der Waals surface area contributed by atoms with Crippen molar-refractivity contribution >= 4 is 17.2 Å². The van der Waals surface area contributed by atoms with Gasteiger partial charge >= 0.3 is 0 Å². The molecule has 0 spiro atoms. The van der Waals surface area contributed by atoms with Crippen LogP contribution in [0.15, 0.2) is 66.7 Å². The predicted octanol–water partition coefficient (Wildman–Crippen LogP) is 8.88. The standard InChI is InChI=1S/C34H34F3NO3.C2H6/c1-22-30-12-11-29(40-32-6-2-3-14-39-32)18-31(30)41-34(33(22)26-15-27(36)17-28(37)16-26)25-9-7-23(8-10-25)5-4-13-38-20-24(19-35)21-38;1-2/h4-5,7-12,15-18,24,32,34H,2-3,6,13-14,19-21H2,1H3;1-2H3/b5-4+;. The fourth-order valence-corrected chi connectivity index (χ4v) is 5.82. The average Bonchev–Trinajstić information content (AvgIpc) is 2.99. The molecule has 43 heavy (non-hydrogen) atoms. The molecule has 4 nitrogen and oxygen atoms in total. The Balaban J connectivity index is 0.00000180. The number of halogens is 3. The van der Waals surface area contributed by atoms with Crippen molar-refractivity contribution in [2.45, 2.75) is 52.4 Å². The topological polar surface area (TPSA) is 30.9 Å². The number of fused-ring (bicyclic) bond motifs is 1. The van der Waals surface area contributed by atoms with Crippen molar-refractivity contribution in [3.05, 3.63) is 101 Å². The van der Waals surface area contributed by atoms with Crippen LogP contribution >= 0.6 is 0 Å². The van der Waals surface area contributed by atoms with Crippen LogP contribution in [0.1, 0.15) is 68.4 Å². The molecule has 2 saturated heterocycles. The SMILES string of the molecule is CC.CC1=C(c2cc(F)cc(F)c2)C(c2ccc(/C=C/CN3CC(CF)C3)cc2)Oc2cc(OC3CCCCO3)ccc21. The van der Waals surface area contributed by atoms with Crippen LogP contribution in [0.3, 0.4) is 0 Å². The molecule has 3 aromatic rings. The van der Waals surface area contributed by atoms with E-state index in [1.54, 1.807) is 0 Å². The van der Waals surface area contributed by atoms with Gasteiger partial charge in [-0.15, -0.1) is 0 Å². The van der Waals surface area contributed by atoms with Gasteiger partial charge in [-0.25, -0.2) is 8.78 Å². The molecule has 2 fully saturated rings. The first kappa shape index (κ1) is 30.9. The lowest BCUT2D eigenvalue weighted by Gasteiger charge is -2.36. The monoisotopic (exact) mass is 591 g/mol. The Morgan fingerprint density at radius 3 is 2.37 bits per heavy atom. The number of hydrogen-bond donors (Lipinski definition) is 0. The van der Waals surface area contributed by atoms with Gasteiger partial charge in [-0.05, 0) is 66.3 Å². The van der Waals surface area contributed by atoms with Crippen molar-refractivity contribution in [2.24, 2.45) is 5.92 Å². The summed E-state index contributed by atoms with van der Waals surface area (Å²) >= 11 is 0. The fraction of sp³-hybridized carbons (Fsp3) is 0.389. The molecule has 0 bridgehead atoms. The number of ether oxygens (including phenoxy) is 3. The molecule has 228 valence electrons. The summed E-state index contributed by atoms with van der Waals surface area (Å²) < 4.78 is 59.8. The van der Waals surface area contributed by atoms with Crippen molar-refractivity contribution < 1.29 is 27.4 Å². The summed E-state index contributed by atoms with van der Waals surface area (Å²) in [7, 11) is 0. The van der Waals surface area contributed by atoms with Crippen molar-refractivity contribution in [3.8, 4) is 11.5 Å². The van der Waals surface area contributed by atoms with Crippen molar-refractivity contribution in [1.82, 2.24) is 4.90 Å². The molecular weight excluding hydrogens is 551 g/mol. The summed E-state index contributed by atoms with van der Waals surface area (Å²) in [6.07, 6.45) is 6.20. The third kappa shape index (κ3) is 7.34. The summed E-state index contributed by atoms with van der Waals surface area (Å²) in [6, 6.07) is 17.2. The minimum absolute atomic E-state index is 0.170. The quantitative estimate of drug-likeness (QED) is 0.262. The highest BCUT2D eigenvalue weighted by Crippen LogP contribution is 2.47. The minimum Gasteiger partial charge on any atom is -0.480 e. The first-order valence-corrected chi connectivity index (χ1v) is 15.3. The lowest BCUT2D eigenvalue weighted by molar-refractivity contribution is -0.105. The molecule has 3 aliphatic rings. The van der Waals surface area contributed by atoms with Gasteiger partial charge in [-0.1, -0.05) is 50.3 Å². The maximum absolute atomic E-state index is 14.3. The van der Waals surface area contributed by atoms with Crippen LogP contribution in [0.4, 0.5) is 13.2 Å². The summed E-state index contributed by atoms with van der Waals surface area (Å²) in [5, 5.41) is 0. The zero-order valence-electron chi connectivity index (χ0n) is 25.1. The lowest BCUT2D eigenvalue weighted by atomic mass is 9.86. The van der Waals surface area contributed by atoms with Crippen LogP contribution in [0.25, 0.3) is 17.2 Å². The van der Waals surface area contributed by atoms with Crippen LogP contribution in [0.2, 0.25) is 0 Å². The molecule has 3 aliphatic heterocycles. The number of hydrogen-bond acceptors (Lipinski definition) is 4. The van der Waals surface area contributed by atoms with Crippen molar-refractivity contribution in [3.63, 3.8) is 0 Å². The van der Waals surface area contributed by atoms with Crippen LogP contribution in [-0.4, -0.2) is 44.1 Å². The van der Waals surface area contributed by atoms with Gasteiger partial charge in [0.1, 0.15) is 29.2 Å². The van der Waals surface area contributed by atoms with Gasteiger partial charge in [0.05, 0.1) is 13.3 Å². The first-order chi connectivity index (χ1) is 21.0. The number of benzene rings is 3. The van der Waals surface area contributed by atoms with Crippen LogP contribution < -0.4 is 9.47 Å². The lowest BCUT2D eigenvalue weighted by Crippen LogP contribution is -2.47. The molecule has 0 N–H and O–H groups in total. The van der Waals surface area contributed by atoms with Crippen molar-refractivity contribution in [1.29, 1.82) is 0 Å². The van der Waals surface area contributed by atoms with E-state index < -0.39 is 17.7 Å². The van der Waals surface area contributed by atoms with Gasteiger partial charge in [-0.3, -0.25) is 9.29 Å². The van der Waals surface area contributed by atoms with E-state index in [4.69, 9.17) is 14.2 Å². The van der Waals surface area contributed by atoms with Crippen molar-refractivity contribution in [2.75, 3.05) is 32.9 Å². The first-order valence-electron chi connectivity index (χ1n) is 15.3. The number of nitrogens with zero attached hydrogens (tertiary/aromatic N) is 1. The molecule has 0 saturated carbocycles. The van der Waals surface area contributed by atoms with E-state index in [0.717, 1.165) is 67.2 Å². The zero-order chi connectivity index (χ0) is 30.3. The van der Waals surface area contributed by atoms with Crippen LogP contribution in [0.5, 0.6) is 11.5 Å². The number of rotatable bonds is 8. The number of allylic oxidation sites excluding steroid dienone is 1. The maximum atomic E-state index is 14.3. The Kier molecular flexibility index (Phi) is 10.3. The molecule has 7 heteroatoms. The Morgan fingerprint density at radius 1 is 0.953 bits per heavy atom. The van der Waals surface area contributed by atoms with Crippen LogP contribution in [-0.2, 0) is 4.74 Å². The zero-order valence-corrected chi connectivity index (χ0v) is 25.1. The van der Waals surface area contributed by atoms with E-state index in [2.05, 4.69) is 11.0 Å². The molecule has 2 atom stereocenters. The number of alkyl halides is 1. The van der Waals surface area contributed by atoms with E-state index >= 15 is 0 Å². The van der Waals surface area contributed by atoms with Crippen LogP contribution in [0, 0.1) is 17.6 Å². The summed E-state index contributed by atoms with van der Waals surface area (Å²) in [6.45, 7) is 8.78. The second kappa shape index (κ2) is 14.3. The molecule has 2 unspecified atom stereocenters. The summed E-state index contributed by atoms with van der Waals surface area (Å²) in [5.41, 5.74) is 4.77. The fourth-order valence-electron chi connectivity index (χ4n) is 5.82. The molecule has 0 amide bonds. The molecule has 3 heterocycles. The third-order valence-corrected chi connectivity index (χ3v) is 8.01. The van der Waals surface area contributed by atoms with E-state index in [1.807, 2.05) is 69.3 Å². The number of likely N-dealkylation sites (tertiary alicyclic amines) is 1. The molecule has 0 aliphatic carbocycles. The summed E-state index contributed by atoms with van der Waals surface area (Å²) in [5.74, 6) is 0.196. The molecule has 0 radical (unpaired) electrons. The molecule has 6 rings (SSSR count). The second-order valence-corrected chi connectivity index (χ2v) is 11.1. The predicted molar refractivity (Wildman–Crippen MR) is 166 cm³/mol.